The molecule has 482 valence electrons. The van der Waals surface area contributed by atoms with Gasteiger partial charge in [-0.25, -0.2) is 92.2 Å². The molecule has 0 bridgehead atoms. The lowest BCUT2D eigenvalue weighted by atomic mass is 9.12. The zero-order valence-corrected chi connectivity index (χ0v) is 48.5. The molecule has 1 N–H and O–H groups in total. The van der Waals surface area contributed by atoms with Crippen molar-refractivity contribution in [3.8, 4) is 0 Å². The fraction of sp³-hybridized carbons (Fsp3) is 0.613. The summed E-state index contributed by atoms with van der Waals surface area (Å²) in [6, 6.07) is 0. The van der Waals surface area contributed by atoms with Crippen molar-refractivity contribution in [3.63, 3.8) is 0 Å². The summed E-state index contributed by atoms with van der Waals surface area (Å²) in [4.78, 5) is 1.53. The molecule has 0 aliphatic carbocycles. The second-order valence-corrected chi connectivity index (χ2v) is 22.1. The Labute approximate surface area is 485 Å². The summed E-state index contributed by atoms with van der Waals surface area (Å²) in [5, 5.41) is 0. The molecule has 1 nitrogen and oxygen atoms in total. The van der Waals surface area contributed by atoms with Crippen molar-refractivity contribution in [1.29, 1.82) is 0 Å². The number of nitrogens with one attached hydrogen (secondary N) is 1. The molecule has 4 aromatic rings. The molecular formula is C62H79BF21N. The van der Waals surface area contributed by atoms with E-state index in [0.29, 0.717) is 0 Å². The summed E-state index contributed by atoms with van der Waals surface area (Å²) >= 11 is 0. The Morgan fingerprint density at radius 1 is 0.200 bits per heavy atom. The summed E-state index contributed by atoms with van der Waals surface area (Å²) in [6.45, 7) is 7.58. The molecule has 23 heteroatoms. The van der Waals surface area contributed by atoms with E-state index in [-0.39, 0.29) is 6.67 Å². The monoisotopic (exact) mass is 1250 g/mol. The van der Waals surface area contributed by atoms with Gasteiger partial charge in [-0.1, -0.05) is 194 Å². The summed E-state index contributed by atoms with van der Waals surface area (Å²) in [7, 11) is 0. The quantitative estimate of drug-likeness (QED) is 0.0149. The Hall–Kier alpha value is -4.57. The van der Waals surface area contributed by atoms with E-state index >= 15 is 35.1 Å². The first-order valence-corrected chi connectivity index (χ1v) is 30.2. The predicted octanol–water partition coefficient (Wildman–Crippen LogP) is 18.2. The first-order chi connectivity index (χ1) is 40.5. The molecule has 4 rings (SSSR count). The normalized spacial score (nSPS) is 11.9. The zero-order valence-electron chi connectivity index (χ0n) is 48.5. The fourth-order valence-corrected chi connectivity index (χ4v) is 11.2. The number of alkyl halides is 1. The number of quaternary nitrogens is 1. The molecule has 0 atom stereocenters. The molecule has 85 heavy (non-hydrogen) atoms. The molecule has 0 aliphatic heterocycles. The largest absolute Gasteiger partial charge is 0.333 e. The van der Waals surface area contributed by atoms with E-state index in [9.17, 15) is 57.1 Å². The summed E-state index contributed by atoms with van der Waals surface area (Å²) < 4.78 is 307. The predicted molar refractivity (Wildman–Crippen MR) is 290 cm³/mol. The minimum atomic E-state index is -7.22. The Morgan fingerprint density at radius 3 is 0.494 bits per heavy atom. The Morgan fingerprint density at radius 2 is 0.341 bits per heavy atom. The van der Waals surface area contributed by atoms with E-state index in [1.807, 2.05) is 0 Å². The minimum Gasteiger partial charge on any atom is -0.333 e. The van der Waals surface area contributed by atoms with Gasteiger partial charge in [-0.05, 0) is 25.7 Å². The van der Waals surface area contributed by atoms with Crippen LogP contribution < -0.4 is 26.8 Å². The van der Waals surface area contributed by atoms with Crippen molar-refractivity contribution in [2.24, 2.45) is 0 Å². The van der Waals surface area contributed by atoms with Crippen LogP contribution in [0.25, 0.3) is 0 Å². The molecule has 0 amide bonds. The minimum absolute atomic E-state index is 0.146. The molecule has 0 unspecified atom stereocenters. The Balaban J connectivity index is 0.000000449. The zero-order chi connectivity index (χ0) is 63.4. The maximum Gasteiger partial charge on any atom is 0.200 e. The number of unbranched alkanes of at least 4 members (excludes halogenated alkanes) is 30. The number of halogens is 21. The van der Waals surface area contributed by atoms with Gasteiger partial charge in [0.05, 0.1) is 13.1 Å². The lowest BCUT2D eigenvalue weighted by Gasteiger charge is -2.44. The lowest BCUT2D eigenvalue weighted by Crippen LogP contribution is -3.12. The molecule has 0 saturated heterocycles. The number of rotatable bonds is 40. The van der Waals surface area contributed by atoms with Gasteiger partial charge in [-0.15, -0.1) is 21.9 Å². The van der Waals surface area contributed by atoms with E-state index in [0.717, 1.165) is 6.54 Å². The molecule has 4 aromatic carbocycles. The van der Waals surface area contributed by atoms with E-state index in [2.05, 4.69) is 13.8 Å². The van der Waals surface area contributed by atoms with Gasteiger partial charge >= 0.3 is 0 Å². The van der Waals surface area contributed by atoms with Crippen LogP contribution in [0, 0.1) is 116 Å². The van der Waals surface area contributed by atoms with E-state index < -0.39 is 144 Å². The van der Waals surface area contributed by atoms with Crippen LogP contribution in [0.2, 0.25) is 0 Å². The van der Waals surface area contributed by atoms with E-state index in [1.54, 1.807) is 0 Å². The van der Waals surface area contributed by atoms with Gasteiger partial charge in [0.2, 0.25) is 0 Å². The fourth-order valence-electron chi connectivity index (χ4n) is 11.2. The molecule has 0 radical (unpaired) electrons. The number of hydrogen-bond acceptors (Lipinski definition) is 0. The molecule has 0 aliphatic rings. The van der Waals surface area contributed by atoms with Crippen LogP contribution in [-0.4, -0.2) is 32.5 Å². The second kappa shape index (κ2) is 38.7. The first kappa shape index (κ1) is 74.7. The average Bonchev–Trinajstić information content (AvgIpc) is 0.708. The summed E-state index contributed by atoms with van der Waals surface area (Å²) in [5.74, 6) is -71.4. The number of hydrogen-bond donors (Lipinski definition) is 1. The van der Waals surface area contributed by atoms with Crippen molar-refractivity contribution >= 4 is 28.0 Å². The van der Waals surface area contributed by atoms with Crippen LogP contribution in [0.1, 0.15) is 219 Å². The van der Waals surface area contributed by atoms with Crippen LogP contribution in [0.5, 0.6) is 0 Å². The highest BCUT2D eigenvalue weighted by Crippen LogP contribution is 2.31. The SMILES string of the molecule is CCCCCCCCCCCCCCCCCC[NH+](CCF)CCCCCCCCCCCCCCCCCC.Fc1c(F)c(F)c([B-](c2c(F)c(F)c(F)c(F)c2F)(c2c(F)c(F)c(F)c(F)c2F)c2c(F)c(F)c(F)c(F)c2F)c(F)c1F. The van der Waals surface area contributed by atoms with Crippen LogP contribution in [-0.2, 0) is 0 Å². The van der Waals surface area contributed by atoms with E-state index in [4.69, 9.17) is 0 Å². The summed E-state index contributed by atoms with van der Waals surface area (Å²) in [5.41, 5.74) is -14.3. The van der Waals surface area contributed by atoms with Gasteiger partial charge in [0.25, 0.3) is 0 Å². The Bertz CT molecular complexity index is 2250. The topological polar surface area (TPSA) is 4.44 Å². The van der Waals surface area contributed by atoms with Gasteiger partial charge in [0, 0.05) is 0 Å². The first-order valence-electron chi connectivity index (χ1n) is 30.2. The van der Waals surface area contributed by atoms with Crippen molar-refractivity contribution < 1.29 is 97.1 Å². The summed E-state index contributed by atoms with van der Waals surface area (Å²) in [6.07, 6.45) is 38.3. The third-order valence-electron chi connectivity index (χ3n) is 15.9. The third-order valence-corrected chi connectivity index (χ3v) is 15.9. The highest BCUT2D eigenvalue weighted by atomic mass is 19.2. The van der Waals surface area contributed by atoms with Crippen molar-refractivity contribution in [1.82, 2.24) is 0 Å². The van der Waals surface area contributed by atoms with Crippen molar-refractivity contribution in [2.45, 2.75) is 219 Å². The third kappa shape index (κ3) is 20.0. The van der Waals surface area contributed by atoms with Crippen molar-refractivity contribution in [2.75, 3.05) is 26.3 Å². The molecule has 0 aromatic heterocycles. The maximum atomic E-state index is 15.4. The highest BCUT2D eigenvalue weighted by molar-refractivity contribution is 7.20. The van der Waals surface area contributed by atoms with Gasteiger partial charge in [0.1, 0.15) is 65.9 Å². The Kier molecular flexibility index (Phi) is 34.0. The van der Waals surface area contributed by atoms with Crippen LogP contribution in [0.3, 0.4) is 0 Å². The van der Waals surface area contributed by atoms with Gasteiger partial charge in [-0.3, -0.25) is 0 Å². The molecule has 0 fully saturated rings. The van der Waals surface area contributed by atoms with Crippen LogP contribution in [0.4, 0.5) is 92.2 Å². The standard InChI is InChI=1S/C38H78FN.C24BF20/c1-3-5-7-9-11-13-15-17-19-21-23-25-27-29-31-33-36-40(38-35-39)37-34-32-30-28-26-24-22-20-18-16-14-12-10-8-6-4-2;26-5-1(6(27)14(35)21(42)13(5)34)25(2-7(28)15(36)22(43)16(37)8(2)29,3-9(30)17(38)23(44)18(39)10(3)31)4-11(32)19(40)24(45)20(41)12(4)33/h3-38H2,1-2H3;/q;-1/p+1. The lowest BCUT2D eigenvalue weighted by molar-refractivity contribution is -0.900. The smallest absolute Gasteiger partial charge is 0.200 e. The number of benzene rings is 4. The van der Waals surface area contributed by atoms with E-state index in [1.165, 1.54) is 223 Å². The molecule has 0 spiro atoms. The van der Waals surface area contributed by atoms with Crippen LogP contribution >= 0.6 is 0 Å². The van der Waals surface area contributed by atoms with Gasteiger partial charge in [0.15, 0.2) is 69.8 Å². The highest BCUT2D eigenvalue weighted by Gasteiger charge is 2.52. The van der Waals surface area contributed by atoms with Crippen molar-refractivity contribution in [3.05, 3.63) is 116 Å². The maximum absolute atomic E-state index is 15.4. The second-order valence-electron chi connectivity index (χ2n) is 22.1. The van der Waals surface area contributed by atoms with Gasteiger partial charge < -0.3 is 4.90 Å². The molecule has 0 heterocycles. The van der Waals surface area contributed by atoms with Crippen LogP contribution in [0.15, 0.2) is 0 Å². The molecule has 0 saturated carbocycles. The average molecular weight is 1250 g/mol. The van der Waals surface area contributed by atoms with Gasteiger partial charge in [-0.2, -0.15) is 0 Å². The molecular weight excluding hydrogens is 1170 g/mol.